The number of fused-ring (bicyclic) bond motifs is 1. The zero-order valence-corrected chi connectivity index (χ0v) is 19.6. The average Bonchev–Trinajstić information content (AvgIpc) is 3.49. The highest BCUT2D eigenvalue weighted by molar-refractivity contribution is 6.00. The van der Waals surface area contributed by atoms with Gasteiger partial charge in [-0.15, -0.1) is 0 Å². The van der Waals surface area contributed by atoms with E-state index in [0.29, 0.717) is 24.4 Å². The number of aromatic nitrogens is 4. The molecule has 1 saturated heterocycles. The Morgan fingerprint density at radius 3 is 2.67 bits per heavy atom. The number of nitrogens with one attached hydrogen (secondary N) is 2. The maximum atomic E-state index is 13.2. The predicted octanol–water partition coefficient (Wildman–Crippen LogP) is 2.79. The van der Waals surface area contributed by atoms with Crippen LogP contribution in [0.2, 0.25) is 0 Å². The quantitative estimate of drug-likeness (QED) is 0.376. The molecule has 1 unspecified atom stereocenters. The van der Waals surface area contributed by atoms with Gasteiger partial charge in [0.15, 0.2) is 5.65 Å². The van der Waals surface area contributed by atoms with Crippen molar-refractivity contribution in [2.45, 2.75) is 19.4 Å². The SMILES string of the molecule is O=C(NCCn1ncc2c(NCCc3ccccc3)ncnc21)C1CC(=O)N(c2ccc(F)cc2)C1. The lowest BCUT2D eigenvalue weighted by molar-refractivity contribution is -0.126. The van der Waals surface area contributed by atoms with Gasteiger partial charge in [0.1, 0.15) is 18.0 Å². The van der Waals surface area contributed by atoms with E-state index in [4.69, 9.17) is 0 Å². The van der Waals surface area contributed by atoms with Crippen LogP contribution in [0.25, 0.3) is 11.0 Å². The summed E-state index contributed by atoms with van der Waals surface area (Å²) in [6, 6.07) is 15.9. The summed E-state index contributed by atoms with van der Waals surface area (Å²) in [7, 11) is 0. The number of rotatable bonds is 9. The first-order valence-electron chi connectivity index (χ1n) is 11.9. The molecular weight excluding hydrogens is 461 g/mol. The molecule has 0 radical (unpaired) electrons. The second-order valence-corrected chi connectivity index (χ2v) is 8.66. The summed E-state index contributed by atoms with van der Waals surface area (Å²) in [5.74, 6) is -0.450. The molecule has 9 nitrogen and oxygen atoms in total. The third-order valence-electron chi connectivity index (χ3n) is 6.24. The van der Waals surface area contributed by atoms with Gasteiger partial charge < -0.3 is 15.5 Å². The van der Waals surface area contributed by atoms with Crippen LogP contribution in [-0.4, -0.2) is 51.2 Å². The van der Waals surface area contributed by atoms with Crippen LogP contribution in [0.5, 0.6) is 0 Å². The molecule has 36 heavy (non-hydrogen) atoms. The largest absolute Gasteiger partial charge is 0.369 e. The molecule has 2 aromatic carbocycles. The van der Waals surface area contributed by atoms with Gasteiger partial charge in [-0.25, -0.2) is 19.0 Å². The lowest BCUT2D eigenvalue weighted by Crippen LogP contribution is -2.35. The molecule has 0 bridgehead atoms. The Hall–Kier alpha value is -4.34. The molecule has 1 atom stereocenters. The van der Waals surface area contributed by atoms with Gasteiger partial charge in [0.25, 0.3) is 0 Å². The Labute approximate surface area is 207 Å². The zero-order chi connectivity index (χ0) is 24.9. The number of benzene rings is 2. The van der Waals surface area contributed by atoms with Crippen LogP contribution in [-0.2, 0) is 22.6 Å². The number of anilines is 2. The molecule has 0 saturated carbocycles. The van der Waals surface area contributed by atoms with Gasteiger partial charge in [-0.2, -0.15) is 5.10 Å². The fraction of sp³-hybridized carbons (Fsp3) is 0.269. The number of carbonyl (C=O) groups is 2. The Balaban J connectivity index is 1.14. The van der Waals surface area contributed by atoms with E-state index in [0.717, 1.165) is 24.2 Å². The number of halogens is 1. The van der Waals surface area contributed by atoms with Crippen molar-refractivity contribution in [3.8, 4) is 0 Å². The van der Waals surface area contributed by atoms with Crippen LogP contribution < -0.4 is 15.5 Å². The van der Waals surface area contributed by atoms with Crippen molar-refractivity contribution >= 4 is 34.4 Å². The number of carbonyl (C=O) groups excluding carboxylic acids is 2. The van der Waals surface area contributed by atoms with Crippen LogP contribution in [0.1, 0.15) is 12.0 Å². The summed E-state index contributed by atoms with van der Waals surface area (Å²) >= 11 is 0. The van der Waals surface area contributed by atoms with Crippen molar-refractivity contribution in [2.75, 3.05) is 29.9 Å². The standard InChI is InChI=1S/C26H26FN7O2/c27-20-6-8-21(9-7-20)33-16-19(14-23(33)35)26(36)29-12-13-34-25-22(15-32-34)24(30-17-31-25)28-11-10-18-4-2-1-3-5-18/h1-9,15,17,19H,10-14,16H2,(H,29,36)(H,28,30,31). The second kappa shape index (κ2) is 10.5. The third kappa shape index (κ3) is 5.17. The van der Waals surface area contributed by atoms with Gasteiger partial charge in [-0.05, 0) is 36.2 Å². The van der Waals surface area contributed by atoms with Gasteiger partial charge >= 0.3 is 0 Å². The molecule has 1 aliphatic rings. The molecule has 1 fully saturated rings. The van der Waals surface area contributed by atoms with Crippen molar-refractivity contribution in [3.05, 3.63) is 78.5 Å². The van der Waals surface area contributed by atoms with Crippen LogP contribution in [0.4, 0.5) is 15.9 Å². The van der Waals surface area contributed by atoms with E-state index in [9.17, 15) is 14.0 Å². The highest BCUT2D eigenvalue weighted by Gasteiger charge is 2.35. The summed E-state index contributed by atoms with van der Waals surface area (Å²) < 4.78 is 14.9. The molecule has 3 heterocycles. The fourth-order valence-corrected chi connectivity index (χ4v) is 4.35. The van der Waals surface area contributed by atoms with Gasteiger partial charge in [0.05, 0.1) is 24.0 Å². The van der Waals surface area contributed by atoms with Gasteiger partial charge in [0, 0.05) is 31.7 Å². The molecule has 0 spiro atoms. The van der Waals surface area contributed by atoms with Crippen LogP contribution in [0, 0.1) is 11.7 Å². The molecule has 4 aromatic rings. The molecule has 0 aliphatic carbocycles. The summed E-state index contributed by atoms with van der Waals surface area (Å²) in [4.78, 5) is 35.3. The van der Waals surface area contributed by atoms with Crippen LogP contribution in [0.3, 0.4) is 0 Å². The maximum absolute atomic E-state index is 13.2. The number of nitrogens with zero attached hydrogens (tertiary/aromatic N) is 5. The molecule has 10 heteroatoms. The Bertz CT molecular complexity index is 1360. The monoisotopic (exact) mass is 487 g/mol. The van der Waals surface area contributed by atoms with E-state index in [2.05, 4.69) is 37.8 Å². The minimum Gasteiger partial charge on any atom is -0.369 e. The smallest absolute Gasteiger partial charge is 0.227 e. The molecule has 2 aromatic heterocycles. The lowest BCUT2D eigenvalue weighted by atomic mass is 10.1. The molecule has 2 N–H and O–H groups in total. The fourth-order valence-electron chi connectivity index (χ4n) is 4.35. The van der Waals surface area contributed by atoms with E-state index >= 15 is 0 Å². The predicted molar refractivity (Wildman–Crippen MR) is 134 cm³/mol. The first-order valence-corrected chi connectivity index (χ1v) is 11.9. The Morgan fingerprint density at radius 1 is 1.06 bits per heavy atom. The van der Waals surface area contributed by atoms with Crippen molar-refractivity contribution < 1.29 is 14.0 Å². The van der Waals surface area contributed by atoms with Crippen molar-refractivity contribution in [2.24, 2.45) is 5.92 Å². The zero-order valence-electron chi connectivity index (χ0n) is 19.6. The minimum absolute atomic E-state index is 0.124. The normalized spacial score (nSPS) is 15.4. The van der Waals surface area contributed by atoms with Gasteiger partial charge in [-0.3, -0.25) is 9.59 Å². The highest BCUT2D eigenvalue weighted by atomic mass is 19.1. The van der Waals surface area contributed by atoms with Gasteiger partial charge in [-0.1, -0.05) is 30.3 Å². The Kier molecular flexibility index (Phi) is 6.83. The number of hydrogen-bond acceptors (Lipinski definition) is 6. The molecular formula is C26H26FN7O2. The maximum Gasteiger partial charge on any atom is 0.227 e. The average molecular weight is 488 g/mol. The number of amides is 2. The summed E-state index contributed by atoms with van der Waals surface area (Å²) in [6.45, 7) is 1.77. The molecule has 5 rings (SSSR count). The Morgan fingerprint density at radius 2 is 1.86 bits per heavy atom. The summed E-state index contributed by atoms with van der Waals surface area (Å²) in [6.07, 6.45) is 4.21. The van der Waals surface area contributed by atoms with Crippen LogP contribution in [0.15, 0.2) is 67.1 Å². The van der Waals surface area contributed by atoms with E-state index in [1.165, 1.54) is 28.9 Å². The highest BCUT2D eigenvalue weighted by Crippen LogP contribution is 2.25. The first kappa shape index (κ1) is 23.4. The molecule has 184 valence electrons. The topological polar surface area (TPSA) is 105 Å². The lowest BCUT2D eigenvalue weighted by Gasteiger charge is -2.16. The second-order valence-electron chi connectivity index (χ2n) is 8.66. The third-order valence-corrected chi connectivity index (χ3v) is 6.24. The molecule has 2 amide bonds. The summed E-state index contributed by atoms with van der Waals surface area (Å²) in [5, 5.41) is 11.5. The van der Waals surface area contributed by atoms with Gasteiger partial charge in [0.2, 0.25) is 11.8 Å². The minimum atomic E-state index is -0.459. The van der Waals surface area contributed by atoms with Crippen molar-refractivity contribution in [1.82, 2.24) is 25.1 Å². The van der Waals surface area contributed by atoms with Crippen molar-refractivity contribution in [3.63, 3.8) is 0 Å². The van der Waals surface area contributed by atoms with E-state index in [-0.39, 0.29) is 30.6 Å². The van der Waals surface area contributed by atoms with Crippen molar-refractivity contribution in [1.29, 1.82) is 0 Å². The van der Waals surface area contributed by atoms with E-state index in [1.54, 1.807) is 23.0 Å². The van der Waals surface area contributed by atoms with E-state index in [1.807, 2.05) is 18.2 Å². The van der Waals surface area contributed by atoms with E-state index < -0.39 is 5.92 Å². The number of hydrogen-bond donors (Lipinski definition) is 2. The van der Waals surface area contributed by atoms with Crippen LogP contribution >= 0.6 is 0 Å². The molecule has 1 aliphatic heterocycles. The summed E-state index contributed by atoms with van der Waals surface area (Å²) in [5.41, 5.74) is 2.51. The first-order chi connectivity index (χ1) is 17.6.